The zero-order valence-corrected chi connectivity index (χ0v) is 13.0. The first kappa shape index (κ1) is 14.8. The highest BCUT2D eigenvalue weighted by Crippen LogP contribution is 2.19. The number of hydrogen-bond acceptors (Lipinski definition) is 3. The maximum absolute atomic E-state index is 12.5. The van der Waals surface area contributed by atoms with Crippen LogP contribution in [0.3, 0.4) is 0 Å². The maximum atomic E-state index is 12.5. The highest BCUT2D eigenvalue weighted by atomic mass is 32.1. The Hall–Kier alpha value is -1.62. The van der Waals surface area contributed by atoms with Crippen molar-refractivity contribution in [2.45, 2.75) is 33.7 Å². The lowest BCUT2D eigenvalue weighted by Gasteiger charge is -2.24. The second-order valence-electron chi connectivity index (χ2n) is 5.45. The molecule has 1 N–H and O–H groups in total. The molecule has 0 aliphatic rings. The molecule has 2 aromatic heterocycles. The Morgan fingerprint density at radius 1 is 1.50 bits per heavy atom. The van der Waals surface area contributed by atoms with Gasteiger partial charge in [0.25, 0.3) is 0 Å². The molecule has 0 aliphatic carbocycles. The summed E-state index contributed by atoms with van der Waals surface area (Å²) in [5, 5.41) is 2.08. The average molecular weight is 291 g/mol. The van der Waals surface area contributed by atoms with Crippen LogP contribution in [-0.4, -0.2) is 27.3 Å². The minimum atomic E-state index is 0.149. The van der Waals surface area contributed by atoms with Gasteiger partial charge in [0.2, 0.25) is 5.91 Å². The van der Waals surface area contributed by atoms with E-state index in [4.69, 9.17) is 0 Å². The van der Waals surface area contributed by atoms with Crippen molar-refractivity contribution in [3.63, 3.8) is 0 Å². The van der Waals surface area contributed by atoms with Gasteiger partial charge in [-0.25, -0.2) is 4.98 Å². The van der Waals surface area contributed by atoms with Gasteiger partial charge in [-0.1, -0.05) is 13.8 Å². The molecule has 0 aromatic carbocycles. The van der Waals surface area contributed by atoms with Crippen LogP contribution in [0.4, 0.5) is 0 Å². The number of aromatic amines is 1. The van der Waals surface area contributed by atoms with E-state index in [1.54, 1.807) is 23.9 Å². The molecule has 0 aliphatic heterocycles. The normalized spacial score (nSPS) is 11.0. The molecule has 0 bridgehead atoms. The maximum Gasteiger partial charge on any atom is 0.228 e. The van der Waals surface area contributed by atoms with Crippen molar-refractivity contribution < 1.29 is 4.79 Å². The average Bonchev–Trinajstić information content (AvgIpc) is 3.01. The quantitative estimate of drug-likeness (QED) is 0.889. The molecule has 0 saturated carbocycles. The highest BCUT2D eigenvalue weighted by molar-refractivity contribution is 7.10. The Kier molecular flexibility index (Phi) is 4.95. The summed E-state index contributed by atoms with van der Waals surface area (Å²) in [5.41, 5.74) is 2.13. The fraction of sp³-hybridized carbons (Fsp3) is 0.467. The fourth-order valence-electron chi connectivity index (χ4n) is 2.09. The van der Waals surface area contributed by atoms with E-state index in [1.807, 2.05) is 4.90 Å². The molecule has 0 radical (unpaired) electrons. The van der Waals surface area contributed by atoms with Crippen LogP contribution < -0.4 is 0 Å². The van der Waals surface area contributed by atoms with Gasteiger partial charge in [0.05, 0.1) is 19.3 Å². The number of nitrogens with zero attached hydrogens (tertiary/aromatic N) is 2. The van der Waals surface area contributed by atoms with Gasteiger partial charge in [-0.05, 0) is 29.9 Å². The van der Waals surface area contributed by atoms with E-state index < -0.39 is 0 Å². The standard InChI is InChI=1S/C15H21N3OS/c1-11(2)8-18(9-14-12(3)4-5-20-14)15(19)6-13-7-16-10-17-13/h4-5,7,10-11H,6,8-9H2,1-3H3,(H,16,17). The molecule has 2 aromatic rings. The van der Waals surface area contributed by atoms with Gasteiger partial charge in [0.15, 0.2) is 0 Å². The first-order valence-electron chi connectivity index (χ1n) is 6.84. The van der Waals surface area contributed by atoms with E-state index in [0.717, 1.165) is 12.2 Å². The molecule has 108 valence electrons. The van der Waals surface area contributed by atoms with Crippen LogP contribution in [-0.2, 0) is 17.8 Å². The summed E-state index contributed by atoms with van der Waals surface area (Å²) in [6.45, 7) is 7.85. The smallest absolute Gasteiger partial charge is 0.228 e. The van der Waals surface area contributed by atoms with Crippen LogP contribution in [0.2, 0.25) is 0 Å². The summed E-state index contributed by atoms with van der Waals surface area (Å²) < 4.78 is 0. The number of amides is 1. The van der Waals surface area contributed by atoms with Crippen molar-refractivity contribution in [1.82, 2.24) is 14.9 Å². The minimum absolute atomic E-state index is 0.149. The lowest BCUT2D eigenvalue weighted by atomic mass is 10.1. The number of hydrogen-bond donors (Lipinski definition) is 1. The lowest BCUT2D eigenvalue weighted by Crippen LogP contribution is -2.34. The monoisotopic (exact) mass is 291 g/mol. The molecule has 1 amide bonds. The Morgan fingerprint density at radius 2 is 2.30 bits per heavy atom. The number of aromatic nitrogens is 2. The van der Waals surface area contributed by atoms with E-state index in [0.29, 0.717) is 18.9 Å². The van der Waals surface area contributed by atoms with Crippen LogP contribution >= 0.6 is 11.3 Å². The first-order chi connectivity index (χ1) is 9.56. The summed E-state index contributed by atoms with van der Waals surface area (Å²) in [6, 6.07) is 2.10. The Labute approximate surface area is 123 Å². The van der Waals surface area contributed by atoms with Gasteiger partial charge in [-0.3, -0.25) is 4.79 Å². The molecule has 0 fully saturated rings. The SMILES string of the molecule is Cc1ccsc1CN(CC(C)C)C(=O)Cc1cnc[nH]1. The molecular formula is C15H21N3OS. The number of nitrogens with one attached hydrogen (secondary N) is 1. The molecule has 0 unspecified atom stereocenters. The second-order valence-corrected chi connectivity index (χ2v) is 6.45. The summed E-state index contributed by atoms with van der Waals surface area (Å²) in [4.78, 5) is 22.6. The second kappa shape index (κ2) is 6.70. The number of rotatable bonds is 6. The van der Waals surface area contributed by atoms with E-state index in [9.17, 15) is 4.79 Å². The number of carbonyl (C=O) groups is 1. The molecule has 0 atom stereocenters. The summed E-state index contributed by atoms with van der Waals surface area (Å²) in [5.74, 6) is 0.608. The third-order valence-electron chi connectivity index (χ3n) is 3.14. The van der Waals surface area contributed by atoms with E-state index in [2.05, 4.69) is 42.2 Å². The van der Waals surface area contributed by atoms with E-state index >= 15 is 0 Å². The van der Waals surface area contributed by atoms with Gasteiger partial charge in [0.1, 0.15) is 0 Å². The van der Waals surface area contributed by atoms with E-state index in [1.165, 1.54) is 10.4 Å². The van der Waals surface area contributed by atoms with E-state index in [-0.39, 0.29) is 5.91 Å². The number of thiophene rings is 1. The van der Waals surface area contributed by atoms with Crippen LogP contribution in [0, 0.1) is 12.8 Å². The summed E-state index contributed by atoms with van der Waals surface area (Å²) in [7, 11) is 0. The number of carbonyl (C=O) groups excluding carboxylic acids is 1. The zero-order valence-electron chi connectivity index (χ0n) is 12.2. The molecule has 2 rings (SSSR count). The van der Waals surface area contributed by atoms with Gasteiger partial charge in [0, 0.05) is 23.3 Å². The van der Waals surface area contributed by atoms with Crippen LogP contribution in [0.1, 0.15) is 30.0 Å². The summed E-state index contributed by atoms with van der Waals surface area (Å²) in [6.07, 6.45) is 3.71. The lowest BCUT2D eigenvalue weighted by molar-refractivity contribution is -0.131. The van der Waals surface area contributed by atoms with Crippen LogP contribution in [0.15, 0.2) is 24.0 Å². The predicted octanol–water partition coefficient (Wildman–Crippen LogP) is 3.01. The van der Waals surface area contributed by atoms with Gasteiger partial charge >= 0.3 is 0 Å². The Balaban J connectivity index is 2.06. The molecule has 20 heavy (non-hydrogen) atoms. The van der Waals surface area contributed by atoms with Gasteiger partial charge < -0.3 is 9.88 Å². The van der Waals surface area contributed by atoms with Gasteiger partial charge in [-0.15, -0.1) is 11.3 Å². The molecule has 4 nitrogen and oxygen atoms in total. The van der Waals surface area contributed by atoms with Crippen molar-refractivity contribution in [2.24, 2.45) is 5.92 Å². The van der Waals surface area contributed by atoms with Gasteiger partial charge in [-0.2, -0.15) is 0 Å². The van der Waals surface area contributed by atoms with Crippen molar-refractivity contribution in [1.29, 1.82) is 0 Å². The Morgan fingerprint density at radius 3 is 2.85 bits per heavy atom. The molecule has 5 heteroatoms. The van der Waals surface area contributed by atoms with Crippen molar-refractivity contribution in [3.05, 3.63) is 40.1 Å². The number of imidazole rings is 1. The van der Waals surface area contributed by atoms with Crippen LogP contribution in [0.5, 0.6) is 0 Å². The van der Waals surface area contributed by atoms with Crippen molar-refractivity contribution in [2.75, 3.05) is 6.54 Å². The minimum Gasteiger partial charge on any atom is -0.348 e. The molecule has 2 heterocycles. The van der Waals surface area contributed by atoms with Crippen molar-refractivity contribution in [3.8, 4) is 0 Å². The third kappa shape index (κ3) is 3.93. The number of aryl methyl sites for hydroxylation is 1. The Bertz CT molecular complexity index is 545. The number of H-pyrrole nitrogens is 1. The zero-order chi connectivity index (χ0) is 14.5. The van der Waals surface area contributed by atoms with Crippen LogP contribution in [0.25, 0.3) is 0 Å². The van der Waals surface area contributed by atoms with Crippen molar-refractivity contribution >= 4 is 17.2 Å². The third-order valence-corrected chi connectivity index (χ3v) is 4.15. The topological polar surface area (TPSA) is 49.0 Å². The predicted molar refractivity (Wildman–Crippen MR) is 81.6 cm³/mol. The fourth-order valence-corrected chi connectivity index (χ4v) is 3.01. The first-order valence-corrected chi connectivity index (χ1v) is 7.72. The largest absolute Gasteiger partial charge is 0.348 e. The molecule has 0 saturated heterocycles. The molecule has 0 spiro atoms. The molecular weight excluding hydrogens is 270 g/mol. The summed E-state index contributed by atoms with van der Waals surface area (Å²) >= 11 is 1.72. The highest BCUT2D eigenvalue weighted by Gasteiger charge is 2.17.